The van der Waals surface area contributed by atoms with E-state index >= 15 is 0 Å². The fourth-order valence-electron chi connectivity index (χ4n) is 0.254. The average molecular weight is 174 g/mol. The molecule has 0 saturated heterocycles. The summed E-state index contributed by atoms with van der Waals surface area (Å²) in [6.45, 7) is 8.40. The van der Waals surface area contributed by atoms with E-state index in [2.05, 4.69) is 11.3 Å². The zero-order valence-electron chi connectivity index (χ0n) is 7.80. The molecule has 0 saturated carbocycles. The Bertz CT molecular complexity index is 133. The second kappa shape index (κ2) is 10.1. The Hall–Kier alpha value is -0.870. The van der Waals surface area contributed by atoms with Gasteiger partial charge in [-0.05, 0) is 13.8 Å². The van der Waals surface area contributed by atoms with Crippen molar-refractivity contribution in [2.45, 2.75) is 13.8 Å². The third kappa shape index (κ3) is 11.9. The molecule has 4 heteroatoms. The topological polar surface area (TPSA) is 78.3 Å². The van der Waals surface area contributed by atoms with E-state index < -0.39 is 0 Å². The van der Waals surface area contributed by atoms with Crippen LogP contribution in [0.2, 0.25) is 0 Å². The molecule has 0 amide bonds. The Morgan fingerprint density at radius 1 is 1.42 bits per heavy atom. The van der Waals surface area contributed by atoms with Crippen molar-refractivity contribution in [1.82, 2.24) is 0 Å². The number of hydrogen-bond acceptors (Lipinski definition) is 4. The molecule has 72 valence electrons. The molecule has 4 N–H and O–H groups in total. The SMILES string of the molecule is C=C(C)C(=O)OCC.NCCN. The third-order valence-corrected chi connectivity index (χ3v) is 0.791. The summed E-state index contributed by atoms with van der Waals surface area (Å²) in [5, 5.41) is 0. The highest BCUT2D eigenvalue weighted by Crippen LogP contribution is 1.89. The van der Waals surface area contributed by atoms with E-state index in [1.807, 2.05) is 0 Å². The van der Waals surface area contributed by atoms with Crippen molar-refractivity contribution in [1.29, 1.82) is 0 Å². The largest absolute Gasteiger partial charge is 0.463 e. The third-order valence-electron chi connectivity index (χ3n) is 0.791. The summed E-state index contributed by atoms with van der Waals surface area (Å²) in [4.78, 5) is 10.4. The predicted octanol–water partition coefficient (Wildman–Crippen LogP) is 0.0294. The predicted molar refractivity (Wildman–Crippen MR) is 49.6 cm³/mol. The number of rotatable bonds is 3. The van der Waals surface area contributed by atoms with Crippen LogP contribution in [0.15, 0.2) is 12.2 Å². The van der Waals surface area contributed by atoms with E-state index in [4.69, 9.17) is 11.5 Å². The van der Waals surface area contributed by atoms with Crippen molar-refractivity contribution in [3.63, 3.8) is 0 Å². The molecule has 0 unspecified atom stereocenters. The van der Waals surface area contributed by atoms with Gasteiger partial charge in [-0.15, -0.1) is 0 Å². The molecule has 0 aromatic heterocycles. The van der Waals surface area contributed by atoms with Crippen molar-refractivity contribution < 1.29 is 9.53 Å². The molecule has 0 bridgehead atoms. The molecule has 0 atom stereocenters. The molecule has 0 aliphatic heterocycles. The maximum atomic E-state index is 10.4. The molecule has 0 rings (SSSR count). The van der Waals surface area contributed by atoms with Crippen LogP contribution >= 0.6 is 0 Å². The molecule has 0 radical (unpaired) electrons. The van der Waals surface area contributed by atoms with Gasteiger partial charge in [0.1, 0.15) is 0 Å². The van der Waals surface area contributed by atoms with Crippen LogP contribution < -0.4 is 11.5 Å². The van der Waals surface area contributed by atoms with E-state index in [0.29, 0.717) is 25.3 Å². The fraction of sp³-hybridized carbons (Fsp3) is 0.625. The highest BCUT2D eigenvalue weighted by atomic mass is 16.5. The number of carbonyl (C=O) groups is 1. The van der Waals surface area contributed by atoms with E-state index in [-0.39, 0.29) is 5.97 Å². The maximum absolute atomic E-state index is 10.4. The van der Waals surface area contributed by atoms with Crippen LogP contribution in [0.3, 0.4) is 0 Å². The van der Waals surface area contributed by atoms with Crippen LogP contribution in [0.25, 0.3) is 0 Å². The number of carbonyl (C=O) groups excluding carboxylic acids is 1. The number of hydrogen-bond donors (Lipinski definition) is 2. The monoisotopic (exact) mass is 174 g/mol. The summed E-state index contributed by atoms with van der Waals surface area (Å²) in [5.41, 5.74) is 10.3. The Morgan fingerprint density at radius 2 is 1.83 bits per heavy atom. The van der Waals surface area contributed by atoms with Crippen LogP contribution in [-0.2, 0) is 9.53 Å². The van der Waals surface area contributed by atoms with Gasteiger partial charge in [0.15, 0.2) is 0 Å². The van der Waals surface area contributed by atoms with Gasteiger partial charge in [0.05, 0.1) is 6.61 Å². The molecule has 4 nitrogen and oxygen atoms in total. The maximum Gasteiger partial charge on any atom is 0.333 e. The molecule has 0 aliphatic carbocycles. The first-order chi connectivity index (χ1) is 5.59. The van der Waals surface area contributed by atoms with Crippen molar-refractivity contribution in [2.75, 3.05) is 19.7 Å². The van der Waals surface area contributed by atoms with Crippen LogP contribution in [0.1, 0.15) is 13.8 Å². The van der Waals surface area contributed by atoms with Gasteiger partial charge in [-0.2, -0.15) is 0 Å². The number of esters is 1. The molecule has 0 spiro atoms. The molecule has 0 aromatic rings. The van der Waals surface area contributed by atoms with Gasteiger partial charge < -0.3 is 16.2 Å². The average Bonchev–Trinajstić information content (AvgIpc) is 2.05. The minimum atomic E-state index is -0.312. The minimum absolute atomic E-state index is 0.312. The van der Waals surface area contributed by atoms with E-state index in [1.165, 1.54) is 0 Å². The highest BCUT2D eigenvalue weighted by Gasteiger charge is 1.98. The van der Waals surface area contributed by atoms with Gasteiger partial charge >= 0.3 is 5.97 Å². The molecule has 0 fully saturated rings. The smallest absolute Gasteiger partial charge is 0.333 e. The summed E-state index contributed by atoms with van der Waals surface area (Å²) in [7, 11) is 0. The van der Waals surface area contributed by atoms with Crippen molar-refractivity contribution in [2.24, 2.45) is 11.5 Å². The van der Waals surface area contributed by atoms with Crippen molar-refractivity contribution >= 4 is 5.97 Å². The lowest BCUT2D eigenvalue weighted by Gasteiger charge is -1.96. The summed E-state index contributed by atoms with van der Waals surface area (Å²) < 4.78 is 4.56. The highest BCUT2D eigenvalue weighted by molar-refractivity contribution is 5.86. The second-order valence-electron chi connectivity index (χ2n) is 2.08. The van der Waals surface area contributed by atoms with Gasteiger partial charge in [-0.25, -0.2) is 4.79 Å². The Morgan fingerprint density at radius 3 is 1.92 bits per heavy atom. The minimum Gasteiger partial charge on any atom is -0.463 e. The lowest BCUT2D eigenvalue weighted by molar-refractivity contribution is -0.138. The summed E-state index contributed by atoms with van der Waals surface area (Å²) in [6, 6.07) is 0. The van der Waals surface area contributed by atoms with Gasteiger partial charge in [-0.1, -0.05) is 6.58 Å². The van der Waals surface area contributed by atoms with Gasteiger partial charge in [0, 0.05) is 18.7 Å². The zero-order valence-corrected chi connectivity index (χ0v) is 7.80. The Labute approximate surface area is 73.6 Å². The fourth-order valence-corrected chi connectivity index (χ4v) is 0.254. The van der Waals surface area contributed by atoms with Gasteiger partial charge in [0.2, 0.25) is 0 Å². The van der Waals surface area contributed by atoms with Crippen molar-refractivity contribution in [3.8, 4) is 0 Å². The lowest BCUT2D eigenvalue weighted by atomic mass is 10.4. The van der Waals surface area contributed by atoms with Crippen LogP contribution in [0.5, 0.6) is 0 Å². The van der Waals surface area contributed by atoms with E-state index in [1.54, 1.807) is 13.8 Å². The molecule has 12 heavy (non-hydrogen) atoms. The van der Waals surface area contributed by atoms with Crippen LogP contribution in [-0.4, -0.2) is 25.7 Å². The normalized spacial score (nSPS) is 8.00. The van der Waals surface area contributed by atoms with Crippen LogP contribution in [0, 0.1) is 0 Å². The van der Waals surface area contributed by atoms with Gasteiger partial charge in [-0.3, -0.25) is 0 Å². The molecular formula is C8H18N2O2. The van der Waals surface area contributed by atoms with Crippen molar-refractivity contribution in [3.05, 3.63) is 12.2 Å². The zero-order chi connectivity index (χ0) is 9.98. The van der Waals surface area contributed by atoms with E-state index in [0.717, 1.165) is 0 Å². The number of ether oxygens (including phenoxy) is 1. The molecule has 0 heterocycles. The molecule has 0 aliphatic rings. The quantitative estimate of drug-likeness (QED) is 0.467. The lowest BCUT2D eigenvalue weighted by Crippen LogP contribution is -2.11. The first-order valence-corrected chi connectivity index (χ1v) is 3.82. The second-order valence-corrected chi connectivity index (χ2v) is 2.08. The first-order valence-electron chi connectivity index (χ1n) is 3.82. The Kier molecular flexibility index (Phi) is 11.6. The first kappa shape index (κ1) is 13.7. The van der Waals surface area contributed by atoms with Crippen LogP contribution in [0.4, 0.5) is 0 Å². The van der Waals surface area contributed by atoms with Gasteiger partial charge in [0.25, 0.3) is 0 Å². The summed E-state index contributed by atoms with van der Waals surface area (Å²) >= 11 is 0. The standard InChI is InChI=1S/C6H10O2.C2H8N2/c1-4-8-6(7)5(2)3;3-1-2-4/h2,4H2,1,3H3;1-4H2. The number of nitrogens with two attached hydrogens (primary N) is 2. The molecular weight excluding hydrogens is 156 g/mol. The summed E-state index contributed by atoms with van der Waals surface area (Å²) in [6.07, 6.45) is 0. The Balaban J connectivity index is 0. The molecule has 0 aromatic carbocycles. The van der Waals surface area contributed by atoms with E-state index in [9.17, 15) is 4.79 Å². The summed E-state index contributed by atoms with van der Waals surface area (Å²) in [5.74, 6) is -0.312.